The highest BCUT2D eigenvalue weighted by Crippen LogP contribution is 2.29. The van der Waals surface area contributed by atoms with Crippen molar-refractivity contribution in [2.45, 2.75) is 11.8 Å². The van der Waals surface area contributed by atoms with Gasteiger partial charge in [0.05, 0.1) is 22.0 Å². The molecule has 2 heterocycles. The van der Waals surface area contributed by atoms with Crippen LogP contribution in [0.2, 0.25) is 10.0 Å². The van der Waals surface area contributed by atoms with E-state index >= 15 is 0 Å². The largest absolute Gasteiger partial charge is 0.484 e. The van der Waals surface area contributed by atoms with E-state index in [9.17, 15) is 9.59 Å². The van der Waals surface area contributed by atoms with Crippen molar-refractivity contribution >= 4 is 46.8 Å². The highest BCUT2D eigenvalue weighted by atomic mass is 35.5. The molecule has 0 unspecified atom stereocenters. The first kappa shape index (κ1) is 19.8. The molecule has 7 nitrogen and oxygen atoms in total. The monoisotopic (exact) mass is 448 g/mol. The fourth-order valence-electron chi connectivity index (χ4n) is 2.81. The average molecular weight is 449 g/mol. The van der Waals surface area contributed by atoms with Gasteiger partial charge in [-0.1, -0.05) is 47.1 Å². The van der Waals surface area contributed by atoms with Crippen LogP contribution in [0.1, 0.15) is 26.5 Å². The molecule has 0 bridgehead atoms. The van der Waals surface area contributed by atoms with E-state index in [0.717, 1.165) is 0 Å². The number of rotatable bonds is 6. The second-order valence-electron chi connectivity index (χ2n) is 6.18. The predicted molar refractivity (Wildman–Crippen MR) is 109 cm³/mol. The van der Waals surface area contributed by atoms with E-state index < -0.39 is 0 Å². The number of nitrogens with zero attached hydrogens (tertiary/aromatic N) is 4. The van der Waals surface area contributed by atoms with Crippen LogP contribution in [0.3, 0.4) is 0 Å². The SMILES string of the molecule is Cn1c(COc2ccc(Cl)cc2Cl)nnc1SCN1C(=O)c2ccccc2C1=O. The Morgan fingerprint density at radius 3 is 2.38 bits per heavy atom. The fourth-order valence-corrected chi connectivity index (χ4v) is 4.15. The smallest absolute Gasteiger partial charge is 0.262 e. The van der Waals surface area contributed by atoms with E-state index in [2.05, 4.69) is 10.2 Å². The summed E-state index contributed by atoms with van der Waals surface area (Å²) in [6.45, 7) is 0.151. The Labute approximate surface area is 180 Å². The van der Waals surface area contributed by atoms with Crippen molar-refractivity contribution in [3.63, 3.8) is 0 Å². The maximum absolute atomic E-state index is 12.4. The number of thioether (sulfide) groups is 1. The topological polar surface area (TPSA) is 77.3 Å². The van der Waals surface area contributed by atoms with Gasteiger partial charge in [0.15, 0.2) is 11.0 Å². The molecule has 0 N–H and O–H groups in total. The van der Waals surface area contributed by atoms with Gasteiger partial charge in [-0.2, -0.15) is 0 Å². The zero-order chi connectivity index (χ0) is 20.5. The Hall–Kier alpha value is -2.55. The lowest BCUT2D eigenvalue weighted by Crippen LogP contribution is -2.29. The van der Waals surface area contributed by atoms with Gasteiger partial charge in [-0.05, 0) is 30.3 Å². The lowest BCUT2D eigenvalue weighted by atomic mass is 10.1. The fraction of sp³-hybridized carbons (Fsp3) is 0.158. The number of amides is 2. The van der Waals surface area contributed by atoms with Crippen LogP contribution in [0.5, 0.6) is 5.75 Å². The minimum absolute atomic E-state index is 0.141. The maximum Gasteiger partial charge on any atom is 0.262 e. The number of imide groups is 1. The third-order valence-electron chi connectivity index (χ3n) is 4.38. The molecule has 2 aromatic carbocycles. The van der Waals surface area contributed by atoms with Crippen molar-refractivity contribution < 1.29 is 14.3 Å². The van der Waals surface area contributed by atoms with Gasteiger partial charge in [0.2, 0.25) is 0 Å². The Balaban J connectivity index is 1.41. The first-order valence-electron chi connectivity index (χ1n) is 8.50. The van der Waals surface area contributed by atoms with Gasteiger partial charge in [0, 0.05) is 12.1 Å². The summed E-state index contributed by atoms with van der Waals surface area (Å²) in [7, 11) is 1.78. The van der Waals surface area contributed by atoms with Crippen molar-refractivity contribution in [1.82, 2.24) is 19.7 Å². The van der Waals surface area contributed by atoms with Crippen LogP contribution in [0.4, 0.5) is 0 Å². The van der Waals surface area contributed by atoms with Crippen LogP contribution in [0, 0.1) is 0 Å². The van der Waals surface area contributed by atoms with Crippen LogP contribution in [0.25, 0.3) is 0 Å². The summed E-state index contributed by atoms with van der Waals surface area (Å²) in [5.41, 5.74) is 0.843. The van der Waals surface area contributed by atoms with Crippen LogP contribution in [-0.2, 0) is 13.7 Å². The van der Waals surface area contributed by atoms with Crippen LogP contribution >= 0.6 is 35.0 Å². The minimum atomic E-state index is -0.304. The molecule has 1 aliphatic heterocycles. The van der Waals surface area contributed by atoms with Crippen molar-refractivity contribution in [3.8, 4) is 5.75 Å². The van der Waals surface area contributed by atoms with Crippen molar-refractivity contribution in [1.29, 1.82) is 0 Å². The first-order chi connectivity index (χ1) is 14.0. The summed E-state index contributed by atoms with van der Waals surface area (Å²) in [6.07, 6.45) is 0. The third-order valence-corrected chi connectivity index (χ3v) is 5.91. The number of fused-ring (bicyclic) bond motifs is 1. The number of ether oxygens (including phenoxy) is 1. The van der Waals surface area contributed by atoms with Gasteiger partial charge < -0.3 is 9.30 Å². The molecule has 0 radical (unpaired) electrons. The number of aromatic nitrogens is 3. The summed E-state index contributed by atoms with van der Waals surface area (Å²) in [5, 5.41) is 9.71. The molecule has 4 rings (SSSR count). The normalized spacial score (nSPS) is 13.1. The van der Waals surface area contributed by atoms with E-state index in [1.807, 2.05) is 0 Å². The highest BCUT2D eigenvalue weighted by molar-refractivity contribution is 7.99. The molecular formula is C19H14Cl2N4O3S. The van der Waals surface area contributed by atoms with Gasteiger partial charge >= 0.3 is 0 Å². The molecule has 10 heteroatoms. The number of carbonyl (C=O) groups is 2. The number of hydrogen-bond acceptors (Lipinski definition) is 6. The molecule has 0 spiro atoms. The average Bonchev–Trinajstić information content (AvgIpc) is 3.17. The predicted octanol–water partition coefficient (Wildman–Crippen LogP) is 4.05. The van der Waals surface area contributed by atoms with Gasteiger partial charge in [0.1, 0.15) is 12.4 Å². The number of hydrogen-bond donors (Lipinski definition) is 0. The molecule has 0 saturated carbocycles. The molecule has 1 aliphatic rings. The van der Waals surface area contributed by atoms with E-state index in [1.54, 1.807) is 54.1 Å². The molecule has 0 saturated heterocycles. The second-order valence-corrected chi connectivity index (χ2v) is 7.93. The molecule has 1 aromatic heterocycles. The molecule has 3 aromatic rings. The zero-order valence-corrected chi connectivity index (χ0v) is 17.5. The van der Waals surface area contributed by atoms with E-state index in [4.69, 9.17) is 27.9 Å². The quantitative estimate of drug-likeness (QED) is 0.418. The summed E-state index contributed by atoms with van der Waals surface area (Å²) in [5.74, 6) is 0.588. The van der Waals surface area contributed by atoms with Gasteiger partial charge in [-0.3, -0.25) is 14.5 Å². The van der Waals surface area contributed by atoms with Gasteiger partial charge in [-0.25, -0.2) is 0 Å². The summed E-state index contributed by atoms with van der Waals surface area (Å²) in [6, 6.07) is 11.7. The molecule has 148 valence electrons. The maximum atomic E-state index is 12.4. The van der Waals surface area contributed by atoms with Crippen molar-refractivity contribution in [3.05, 3.63) is 69.5 Å². The molecule has 0 atom stereocenters. The molecule has 29 heavy (non-hydrogen) atoms. The van der Waals surface area contributed by atoms with Crippen molar-refractivity contribution in [2.24, 2.45) is 7.05 Å². The lowest BCUT2D eigenvalue weighted by Gasteiger charge is -2.13. The highest BCUT2D eigenvalue weighted by Gasteiger charge is 2.35. The molecule has 0 fully saturated rings. The van der Waals surface area contributed by atoms with E-state index in [-0.39, 0.29) is 24.3 Å². The Bertz CT molecular complexity index is 1080. The zero-order valence-electron chi connectivity index (χ0n) is 15.1. The number of carbonyl (C=O) groups excluding carboxylic acids is 2. The third kappa shape index (κ3) is 3.83. The lowest BCUT2D eigenvalue weighted by molar-refractivity contribution is 0.0684. The van der Waals surface area contributed by atoms with E-state index in [0.29, 0.717) is 37.9 Å². The van der Waals surface area contributed by atoms with Gasteiger partial charge in [-0.15, -0.1) is 10.2 Å². The second kappa shape index (κ2) is 8.06. The minimum Gasteiger partial charge on any atom is -0.484 e. The summed E-state index contributed by atoms with van der Waals surface area (Å²) in [4.78, 5) is 26.1. The Morgan fingerprint density at radius 1 is 1.03 bits per heavy atom. The van der Waals surface area contributed by atoms with E-state index in [1.165, 1.54) is 16.7 Å². The Morgan fingerprint density at radius 2 is 1.72 bits per heavy atom. The van der Waals surface area contributed by atoms with Crippen LogP contribution in [0.15, 0.2) is 47.6 Å². The first-order valence-corrected chi connectivity index (χ1v) is 10.2. The molecule has 0 aliphatic carbocycles. The number of benzene rings is 2. The van der Waals surface area contributed by atoms with Gasteiger partial charge in [0.25, 0.3) is 11.8 Å². The standard InChI is InChI=1S/C19H14Cl2N4O3S/c1-24-16(9-28-15-7-6-11(20)8-14(15)21)22-23-19(24)29-10-25-17(26)12-4-2-3-5-13(12)18(25)27/h2-8H,9-10H2,1H3. The summed E-state index contributed by atoms with van der Waals surface area (Å²) < 4.78 is 7.43. The van der Waals surface area contributed by atoms with Crippen LogP contribution < -0.4 is 4.74 Å². The molecule has 2 amide bonds. The van der Waals surface area contributed by atoms with Crippen LogP contribution in [-0.4, -0.2) is 37.4 Å². The van der Waals surface area contributed by atoms with Crippen molar-refractivity contribution in [2.75, 3.05) is 5.88 Å². The number of halogens is 2. The summed E-state index contributed by atoms with van der Waals surface area (Å²) >= 11 is 13.2. The Kier molecular flexibility index (Phi) is 5.49. The molecular weight excluding hydrogens is 435 g/mol.